The van der Waals surface area contributed by atoms with Gasteiger partial charge in [-0.3, -0.25) is 4.79 Å². The molecule has 0 aliphatic rings. The molecule has 0 aliphatic heterocycles. The molecular weight excluding hydrogens is 276 g/mol. The molecule has 3 N–H and O–H groups in total. The third kappa shape index (κ3) is 5.39. The molecule has 2 unspecified atom stereocenters. The number of carbonyl (C=O) groups excluding carboxylic acids is 1. The smallest absolute Gasteiger partial charge is 0.253 e. The number of amides is 1. The SMILES string of the molecule is CCCC(C)COC(C)C(=O)Nc1ccc(N)cc1Cl. The van der Waals surface area contributed by atoms with Crippen molar-refractivity contribution in [2.24, 2.45) is 5.92 Å². The van der Waals surface area contributed by atoms with Gasteiger partial charge in [-0.1, -0.05) is 31.9 Å². The van der Waals surface area contributed by atoms with Crippen molar-refractivity contribution < 1.29 is 9.53 Å². The van der Waals surface area contributed by atoms with Crippen molar-refractivity contribution >= 4 is 28.9 Å². The highest BCUT2D eigenvalue weighted by atomic mass is 35.5. The van der Waals surface area contributed by atoms with E-state index in [9.17, 15) is 4.79 Å². The minimum absolute atomic E-state index is 0.208. The predicted octanol–water partition coefficient (Wildman–Crippen LogP) is 3.70. The molecule has 0 radical (unpaired) electrons. The number of nitrogens with one attached hydrogen (secondary N) is 1. The number of rotatable bonds is 7. The number of anilines is 2. The number of nitrogen functional groups attached to an aromatic ring is 1. The summed E-state index contributed by atoms with van der Waals surface area (Å²) in [6, 6.07) is 4.98. The molecule has 0 aliphatic carbocycles. The molecule has 20 heavy (non-hydrogen) atoms. The fourth-order valence-corrected chi connectivity index (χ4v) is 2.06. The molecule has 112 valence electrons. The highest BCUT2D eigenvalue weighted by molar-refractivity contribution is 6.34. The van der Waals surface area contributed by atoms with Crippen LogP contribution in [0.1, 0.15) is 33.6 Å². The highest BCUT2D eigenvalue weighted by Crippen LogP contribution is 2.24. The Morgan fingerprint density at radius 3 is 2.75 bits per heavy atom. The largest absolute Gasteiger partial charge is 0.399 e. The van der Waals surface area contributed by atoms with E-state index in [1.54, 1.807) is 25.1 Å². The van der Waals surface area contributed by atoms with Crippen molar-refractivity contribution in [2.45, 2.75) is 39.7 Å². The average Bonchev–Trinajstić information content (AvgIpc) is 2.39. The maximum absolute atomic E-state index is 12.0. The second-order valence-corrected chi connectivity index (χ2v) is 5.51. The van der Waals surface area contributed by atoms with Gasteiger partial charge in [-0.25, -0.2) is 0 Å². The van der Waals surface area contributed by atoms with E-state index >= 15 is 0 Å². The molecule has 0 spiro atoms. The Hall–Kier alpha value is -1.26. The van der Waals surface area contributed by atoms with Crippen LogP contribution in [0.25, 0.3) is 0 Å². The van der Waals surface area contributed by atoms with Crippen molar-refractivity contribution in [3.63, 3.8) is 0 Å². The van der Waals surface area contributed by atoms with Gasteiger partial charge < -0.3 is 15.8 Å². The Bertz CT molecular complexity index is 451. The van der Waals surface area contributed by atoms with E-state index < -0.39 is 6.10 Å². The number of ether oxygens (including phenoxy) is 1. The maximum atomic E-state index is 12.0. The van der Waals surface area contributed by atoms with Crippen LogP contribution >= 0.6 is 11.6 Å². The van der Waals surface area contributed by atoms with E-state index in [0.29, 0.717) is 28.9 Å². The summed E-state index contributed by atoms with van der Waals surface area (Å²) >= 11 is 6.01. The van der Waals surface area contributed by atoms with E-state index in [4.69, 9.17) is 22.1 Å². The molecule has 0 bridgehead atoms. The summed E-state index contributed by atoms with van der Waals surface area (Å²) in [4.78, 5) is 12.0. The quantitative estimate of drug-likeness (QED) is 0.754. The van der Waals surface area contributed by atoms with Crippen molar-refractivity contribution in [1.82, 2.24) is 0 Å². The third-order valence-electron chi connectivity index (χ3n) is 3.03. The number of benzene rings is 1. The van der Waals surface area contributed by atoms with Crippen LogP contribution in [0.4, 0.5) is 11.4 Å². The van der Waals surface area contributed by atoms with Gasteiger partial charge in [0, 0.05) is 5.69 Å². The molecule has 0 fully saturated rings. The first kappa shape index (κ1) is 16.8. The zero-order valence-corrected chi connectivity index (χ0v) is 13.0. The Morgan fingerprint density at radius 1 is 1.45 bits per heavy atom. The van der Waals surface area contributed by atoms with Gasteiger partial charge in [-0.2, -0.15) is 0 Å². The lowest BCUT2D eigenvalue weighted by Crippen LogP contribution is -2.29. The van der Waals surface area contributed by atoms with Crippen molar-refractivity contribution in [3.05, 3.63) is 23.2 Å². The van der Waals surface area contributed by atoms with Crippen LogP contribution < -0.4 is 11.1 Å². The first-order valence-corrected chi connectivity index (χ1v) is 7.29. The van der Waals surface area contributed by atoms with E-state index in [1.807, 2.05) is 0 Å². The van der Waals surface area contributed by atoms with Crippen molar-refractivity contribution in [2.75, 3.05) is 17.7 Å². The van der Waals surface area contributed by atoms with E-state index in [-0.39, 0.29) is 5.91 Å². The molecule has 0 saturated heterocycles. The number of nitrogens with two attached hydrogens (primary N) is 1. The van der Waals surface area contributed by atoms with E-state index in [2.05, 4.69) is 19.2 Å². The van der Waals surface area contributed by atoms with E-state index in [0.717, 1.165) is 12.8 Å². The van der Waals surface area contributed by atoms with Crippen molar-refractivity contribution in [3.8, 4) is 0 Å². The molecule has 1 aromatic rings. The average molecular weight is 299 g/mol. The summed E-state index contributed by atoms with van der Waals surface area (Å²) in [6.45, 7) is 6.57. The lowest BCUT2D eigenvalue weighted by Gasteiger charge is -2.17. The maximum Gasteiger partial charge on any atom is 0.253 e. The van der Waals surface area contributed by atoms with Gasteiger partial charge in [-0.05, 0) is 37.5 Å². The fourth-order valence-electron chi connectivity index (χ4n) is 1.83. The first-order chi connectivity index (χ1) is 9.43. The Morgan fingerprint density at radius 2 is 2.15 bits per heavy atom. The lowest BCUT2D eigenvalue weighted by molar-refractivity contribution is -0.127. The standard InChI is InChI=1S/C15H23ClN2O2/c1-4-5-10(2)9-20-11(3)15(19)18-14-7-6-12(17)8-13(14)16/h6-8,10-11H,4-5,9,17H2,1-3H3,(H,18,19). The van der Waals surface area contributed by atoms with Gasteiger partial charge in [0.1, 0.15) is 6.10 Å². The number of halogens is 1. The van der Waals surface area contributed by atoms with Gasteiger partial charge in [0.15, 0.2) is 0 Å². The van der Waals surface area contributed by atoms with Crippen molar-refractivity contribution in [1.29, 1.82) is 0 Å². The molecule has 1 amide bonds. The molecular formula is C15H23ClN2O2. The van der Waals surface area contributed by atoms with Crippen LogP contribution in [0.5, 0.6) is 0 Å². The topological polar surface area (TPSA) is 64.3 Å². The monoisotopic (exact) mass is 298 g/mol. The van der Waals surface area contributed by atoms with Gasteiger partial charge in [-0.15, -0.1) is 0 Å². The predicted molar refractivity (Wildman–Crippen MR) is 84.0 cm³/mol. The van der Waals surface area contributed by atoms with Gasteiger partial charge in [0.2, 0.25) is 0 Å². The summed E-state index contributed by atoms with van der Waals surface area (Å²) in [5.41, 5.74) is 6.71. The second-order valence-electron chi connectivity index (χ2n) is 5.10. The van der Waals surface area contributed by atoms with Crippen LogP contribution in [0.3, 0.4) is 0 Å². The van der Waals surface area contributed by atoms with Crippen LogP contribution in [0.2, 0.25) is 5.02 Å². The number of carbonyl (C=O) groups is 1. The minimum atomic E-state index is -0.511. The molecule has 4 nitrogen and oxygen atoms in total. The summed E-state index contributed by atoms with van der Waals surface area (Å²) in [7, 11) is 0. The highest BCUT2D eigenvalue weighted by Gasteiger charge is 2.16. The molecule has 2 atom stereocenters. The second kappa shape index (κ2) is 8.12. The van der Waals surface area contributed by atoms with E-state index in [1.165, 1.54) is 0 Å². The minimum Gasteiger partial charge on any atom is -0.399 e. The van der Waals surface area contributed by atoms with Crippen LogP contribution in [-0.4, -0.2) is 18.6 Å². The normalized spacial score (nSPS) is 13.8. The Kier molecular flexibility index (Phi) is 6.82. The van der Waals surface area contributed by atoms with Gasteiger partial charge in [0.25, 0.3) is 5.91 Å². The molecule has 1 rings (SSSR count). The third-order valence-corrected chi connectivity index (χ3v) is 3.35. The zero-order chi connectivity index (χ0) is 15.1. The molecule has 5 heteroatoms. The molecule has 0 saturated carbocycles. The fraction of sp³-hybridized carbons (Fsp3) is 0.533. The summed E-state index contributed by atoms with van der Waals surface area (Å²) in [5, 5.41) is 3.16. The zero-order valence-electron chi connectivity index (χ0n) is 12.3. The Labute approximate surface area is 125 Å². The van der Waals surface area contributed by atoms with Crippen LogP contribution in [0.15, 0.2) is 18.2 Å². The van der Waals surface area contributed by atoms with Crippen LogP contribution in [0, 0.1) is 5.92 Å². The molecule has 0 aromatic heterocycles. The lowest BCUT2D eigenvalue weighted by atomic mass is 10.1. The van der Waals surface area contributed by atoms with Gasteiger partial charge in [0.05, 0.1) is 17.3 Å². The van der Waals surface area contributed by atoms with Crippen LogP contribution in [-0.2, 0) is 9.53 Å². The number of hydrogen-bond acceptors (Lipinski definition) is 3. The number of hydrogen-bond donors (Lipinski definition) is 2. The summed E-state index contributed by atoms with van der Waals surface area (Å²) in [6.07, 6.45) is 1.70. The Balaban J connectivity index is 2.49. The summed E-state index contributed by atoms with van der Waals surface area (Å²) < 4.78 is 5.57. The summed E-state index contributed by atoms with van der Waals surface area (Å²) in [5.74, 6) is 0.246. The molecule has 0 heterocycles. The first-order valence-electron chi connectivity index (χ1n) is 6.91. The molecule has 1 aromatic carbocycles. The van der Waals surface area contributed by atoms with Gasteiger partial charge >= 0.3 is 0 Å².